The number of benzene rings is 2. The van der Waals surface area contributed by atoms with Gasteiger partial charge in [-0.25, -0.2) is 0 Å². The molecule has 0 saturated carbocycles. The van der Waals surface area contributed by atoms with Crippen LogP contribution in [0.15, 0.2) is 53.0 Å². The van der Waals surface area contributed by atoms with Gasteiger partial charge < -0.3 is 5.32 Å². The summed E-state index contributed by atoms with van der Waals surface area (Å²) in [5, 5.41) is 3.73. The molecule has 0 aliphatic carbocycles. The van der Waals surface area contributed by atoms with Crippen molar-refractivity contribution in [3.8, 4) is 0 Å². The summed E-state index contributed by atoms with van der Waals surface area (Å²) in [6.45, 7) is 6.57. The van der Waals surface area contributed by atoms with E-state index < -0.39 is 0 Å². The predicted molar refractivity (Wildman–Crippen MR) is 89.9 cm³/mol. The maximum Gasteiger partial charge on any atom is 0.0323 e. The lowest BCUT2D eigenvalue weighted by Crippen LogP contribution is -2.24. The van der Waals surface area contributed by atoms with Crippen molar-refractivity contribution < 1.29 is 0 Å². The molecule has 1 N–H and O–H groups in total. The van der Waals surface area contributed by atoms with Gasteiger partial charge in [-0.05, 0) is 43.5 Å². The van der Waals surface area contributed by atoms with Crippen LogP contribution in [0, 0.1) is 6.92 Å². The molecule has 1 nitrogen and oxygen atoms in total. The first kappa shape index (κ1) is 15.3. The van der Waals surface area contributed by atoms with Gasteiger partial charge in [0.2, 0.25) is 0 Å². The van der Waals surface area contributed by atoms with Gasteiger partial charge >= 0.3 is 0 Å². The zero-order valence-corrected chi connectivity index (χ0v) is 13.9. The van der Waals surface area contributed by atoms with Crippen LogP contribution >= 0.6 is 15.9 Å². The molecule has 2 aromatic carbocycles. The maximum absolute atomic E-state index is 3.73. The molecule has 0 aliphatic heterocycles. The Bertz CT molecular complexity index is 548. The summed E-state index contributed by atoms with van der Waals surface area (Å²) < 4.78 is 1.14. The number of nitrogens with one attached hydrogen (secondary N) is 1. The minimum absolute atomic E-state index is 0.347. The van der Waals surface area contributed by atoms with Crippen molar-refractivity contribution in [1.29, 1.82) is 0 Å². The summed E-state index contributed by atoms with van der Waals surface area (Å²) in [5.41, 5.74) is 3.98. The Morgan fingerprint density at radius 1 is 1.05 bits per heavy atom. The first-order valence-electron chi connectivity index (χ1n) is 7.18. The van der Waals surface area contributed by atoms with E-state index in [2.05, 4.69) is 90.5 Å². The van der Waals surface area contributed by atoms with E-state index in [9.17, 15) is 0 Å². The minimum Gasteiger partial charge on any atom is -0.303 e. The number of hydrogen-bond acceptors (Lipinski definition) is 1. The van der Waals surface area contributed by atoms with Gasteiger partial charge in [0.15, 0.2) is 0 Å². The number of aryl methyl sites for hydroxylation is 1. The van der Waals surface area contributed by atoms with Gasteiger partial charge in [-0.2, -0.15) is 0 Å². The predicted octanol–water partition coefficient (Wildman–Crippen LogP) is 5.56. The molecule has 0 saturated heterocycles. The van der Waals surface area contributed by atoms with Crippen LogP contribution in [0.25, 0.3) is 0 Å². The smallest absolute Gasteiger partial charge is 0.0323 e. The third-order valence-electron chi connectivity index (χ3n) is 3.69. The van der Waals surface area contributed by atoms with Crippen LogP contribution < -0.4 is 5.32 Å². The summed E-state index contributed by atoms with van der Waals surface area (Å²) in [5.74, 6) is 0. The highest BCUT2D eigenvalue weighted by atomic mass is 79.9. The van der Waals surface area contributed by atoms with Crippen LogP contribution in [-0.4, -0.2) is 0 Å². The third kappa shape index (κ3) is 3.94. The molecular formula is C18H22BrN. The van der Waals surface area contributed by atoms with E-state index in [1.54, 1.807) is 0 Å². The Balaban J connectivity index is 2.11. The molecule has 2 heteroatoms. The fourth-order valence-electron chi connectivity index (χ4n) is 2.43. The maximum atomic E-state index is 3.73. The summed E-state index contributed by atoms with van der Waals surface area (Å²) in [6, 6.07) is 18.0. The molecule has 2 rings (SSSR count). The second-order valence-corrected chi connectivity index (χ2v) is 6.23. The first-order valence-corrected chi connectivity index (χ1v) is 7.97. The normalized spacial score (nSPS) is 14.0. The number of halogens is 1. The zero-order chi connectivity index (χ0) is 14.5. The lowest BCUT2D eigenvalue weighted by molar-refractivity contribution is 0.456. The summed E-state index contributed by atoms with van der Waals surface area (Å²) in [7, 11) is 0. The third-order valence-corrected chi connectivity index (χ3v) is 4.18. The second-order valence-electron chi connectivity index (χ2n) is 5.31. The van der Waals surface area contributed by atoms with Crippen LogP contribution in [-0.2, 0) is 0 Å². The highest BCUT2D eigenvalue weighted by molar-refractivity contribution is 9.10. The van der Waals surface area contributed by atoms with Crippen molar-refractivity contribution in [2.24, 2.45) is 0 Å². The van der Waals surface area contributed by atoms with Gasteiger partial charge in [-0.15, -0.1) is 0 Å². The topological polar surface area (TPSA) is 12.0 Å². The van der Waals surface area contributed by atoms with E-state index in [0.717, 1.165) is 10.9 Å². The zero-order valence-electron chi connectivity index (χ0n) is 12.4. The fraction of sp³-hybridized carbons (Fsp3) is 0.333. The van der Waals surface area contributed by atoms with E-state index >= 15 is 0 Å². The Labute approximate surface area is 130 Å². The molecule has 20 heavy (non-hydrogen) atoms. The van der Waals surface area contributed by atoms with Crippen molar-refractivity contribution in [3.63, 3.8) is 0 Å². The van der Waals surface area contributed by atoms with Crippen molar-refractivity contribution >= 4 is 15.9 Å². The number of rotatable bonds is 5. The summed E-state index contributed by atoms with van der Waals surface area (Å²) >= 11 is 3.55. The molecular weight excluding hydrogens is 310 g/mol. The molecule has 1 unspecified atom stereocenters. The minimum atomic E-state index is 0.347. The molecule has 0 aliphatic rings. The average Bonchev–Trinajstić information content (AvgIpc) is 2.45. The van der Waals surface area contributed by atoms with Crippen molar-refractivity contribution in [3.05, 3.63) is 69.7 Å². The summed E-state index contributed by atoms with van der Waals surface area (Å²) in [4.78, 5) is 0. The van der Waals surface area contributed by atoms with E-state index in [1.165, 1.54) is 16.7 Å². The van der Waals surface area contributed by atoms with Gasteiger partial charge in [-0.1, -0.05) is 64.8 Å². The average molecular weight is 332 g/mol. The molecule has 0 radical (unpaired) electrons. The monoisotopic (exact) mass is 331 g/mol. The Morgan fingerprint density at radius 3 is 2.35 bits per heavy atom. The Morgan fingerprint density at radius 2 is 1.75 bits per heavy atom. The van der Waals surface area contributed by atoms with Crippen LogP contribution in [0.5, 0.6) is 0 Å². The van der Waals surface area contributed by atoms with Gasteiger partial charge in [0.05, 0.1) is 0 Å². The Hall–Kier alpha value is -1.12. The van der Waals surface area contributed by atoms with Gasteiger partial charge in [0.1, 0.15) is 0 Å². The van der Waals surface area contributed by atoms with Crippen molar-refractivity contribution in [2.45, 2.75) is 39.3 Å². The van der Waals surface area contributed by atoms with E-state index in [0.29, 0.717) is 12.1 Å². The van der Waals surface area contributed by atoms with Crippen LogP contribution in [0.2, 0.25) is 0 Å². The molecule has 0 amide bonds. The molecule has 0 fully saturated rings. The molecule has 0 spiro atoms. The first-order chi connectivity index (χ1) is 9.60. The lowest BCUT2D eigenvalue weighted by Gasteiger charge is -2.23. The number of hydrogen-bond donors (Lipinski definition) is 1. The van der Waals surface area contributed by atoms with Crippen LogP contribution in [0.4, 0.5) is 0 Å². The van der Waals surface area contributed by atoms with Crippen LogP contribution in [0.1, 0.15) is 49.0 Å². The SMILES string of the molecule is CCC(N[C@H](C)c1ccc(C)cc1)c1cccc(Br)c1. The molecule has 2 aromatic rings. The standard InChI is InChI=1S/C18H22BrN/c1-4-18(16-6-5-7-17(19)12-16)20-14(3)15-10-8-13(2)9-11-15/h5-12,14,18,20H,4H2,1-3H3/t14-,18?/m1/s1. The highest BCUT2D eigenvalue weighted by Crippen LogP contribution is 2.24. The quantitative estimate of drug-likeness (QED) is 0.756. The summed E-state index contributed by atoms with van der Waals surface area (Å²) in [6.07, 6.45) is 1.08. The van der Waals surface area contributed by atoms with Crippen molar-refractivity contribution in [1.82, 2.24) is 5.32 Å². The van der Waals surface area contributed by atoms with E-state index in [4.69, 9.17) is 0 Å². The molecule has 106 valence electrons. The second kappa shape index (κ2) is 7.05. The van der Waals surface area contributed by atoms with E-state index in [-0.39, 0.29) is 0 Å². The van der Waals surface area contributed by atoms with Gasteiger partial charge in [0.25, 0.3) is 0 Å². The van der Waals surface area contributed by atoms with Gasteiger partial charge in [-0.3, -0.25) is 0 Å². The van der Waals surface area contributed by atoms with Gasteiger partial charge in [0, 0.05) is 16.6 Å². The highest BCUT2D eigenvalue weighted by Gasteiger charge is 2.13. The van der Waals surface area contributed by atoms with Crippen molar-refractivity contribution in [2.75, 3.05) is 0 Å². The Kier molecular flexibility index (Phi) is 5.38. The molecule has 0 heterocycles. The van der Waals surface area contributed by atoms with E-state index in [1.807, 2.05) is 0 Å². The fourth-order valence-corrected chi connectivity index (χ4v) is 2.84. The van der Waals surface area contributed by atoms with Crippen LogP contribution in [0.3, 0.4) is 0 Å². The molecule has 2 atom stereocenters. The lowest BCUT2D eigenvalue weighted by atomic mass is 10.0. The molecule has 0 bridgehead atoms. The molecule has 0 aromatic heterocycles. The largest absolute Gasteiger partial charge is 0.303 e.